The van der Waals surface area contributed by atoms with Crippen LogP contribution < -0.4 is 5.32 Å². The van der Waals surface area contributed by atoms with Crippen molar-refractivity contribution in [2.75, 3.05) is 17.7 Å². The molecule has 6 atom stereocenters. The van der Waals surface area contributed by atoms with Gasteiger partial charge in [0.05, 0.1) is 12.1 Å². The van der Waals surface area contributed by atoms with Crippen molar-refractivity contribution in [1.29, 1.82) is 0 Å². The number of aliphatic hydroxyl groups is 3. The Morgan fingerprint density at radius 2 is 1.94 bits per heavy atom. The van der Waals surface area contributed by atoms with Crippen LogP contribution >= 0.6 is 11.8 Å². The van der Waals surface area contributed by atoms with Crippen LogP contribution in [0, 0.1) is 11.7 Å². The van der Waals surface area contributed by atoms with Gasteiger partial charge >= 0.3 is 0 Å². The van der Waals surface area contributed by atoms with E-state index in [4.69, 9.17) is 0 Å². The van der Waals surface area contributed by atoms with E-state index in [9.17, 15) is 19.7 Å². The Morgan fingerprint density at radius 3 is 2.64 bits per heavy atom. The van der Waals surface area contributed by atoms with Crippen LogP contribution in [-0.4, -0.2) is 70.9 Å². The number of benzene rings is 1. The minimum Gasteiger partial charge on any atom is -0.396 e. The number of aromatic nitrogens is 5. The van der Waals surface area contributed by atoms with E-state index in [0.29, 0.717) is 28.6 Å². The quantitative estimate of drug-likeness (QED) is 0.286. The molecule has 4 N–H and O–H groups in total. The van der Waals surface area contributed by atoms with Gasteiger partial charge in [0.1, 0.15) is 11.9 Å². The molecular weight excluding hydrogens is 447 g/mol. The largest absolute Gasteiger partial charge is 0.396 e. The van der Waals surface area contributed by atoms with E-state index in [1.165, 1.54) is 23.9 Å². The molecule has 1 aromatic carbocycles. The van der Waals surface area contributed by atoms with Gasteiger partial charge in [0, 0.05) is 30.2 Å². The van der Waals surface area contributed by atoms with Gasteiger partial charge < -0.3 is 20.6 Å². The van der Waals surface area contributed by atoms with Gasteiger partial charge in [0.2, 0.25) is 0 Å². The van der Waals surface area contributed by atoms with Crippen LogP contribution in [0.5, 0.6) is 0 Å². The lowest BCUT2D eigenvalue weighted by Crippen LogP contribution is -2.30. The number of nitrogens with one attached hydrogen (secondary N) is 1. The number of halogens is 1. The minimum absolute atomic E-state index is 0.139. The fraction of sp³-hybridized carbons (Fsp3) is 0.545. The molecule has 176 valence electrons. The van der Waals surface area contributed by atoms with Crippen molar-refractivity contribution in [1.82, 2.24) is 25.0 Å². The van der Waals surface area contributed by atoms with Gasteiger partial charge in [-0.2, -0.15) is 0 Å². The molecule has 9 nitrogen and oxygen atoms in total. The standard InChI is InChI=1S/C22H27FN6O3S/c1-2-7-33-22-25-20(24-15-9-14(15)11-3-5-13(23)6-4-11)17-21(26-22)29(28-27-17)16-8-12(10-30)18(31)19(16)32/h3-6,12,14-16,18-19,30-32H,2,7-10H2,1H3,(H,24,25,26)/t12-,14?,15?,16-,18-,19+/m0/s1. The summed E-state index contributed by atoms with van der Waals surface area (Å²) in [5.74, 6) is 1.01. The lowest BCUT2D eigenvalue weighted by molar-refractivity contribution is -0.00512. The van der Waals surface area contributed by atoms with Crippen LogP contribution in [0.25, 0.3) is 11.2 Å². The highest BCUT2D eigenvalue weighted by Crippen LogP contribution is 2.44. The molecular formula is C22H27FN6O3S. The SMILES string of the molecule is CCCSc1nc(NC2CC2c2ccc(F)cc2)c2nnn([C@H]3C[C@@H](CO)[C@H](O)[C@@H]3O)c2n1. The number of rotatable bonds is 8. The summed E-state index contributed by atoms with van der Waals surface area (Å²) in [7, 11) is 0. The normalized spacial score (nSPS) is 29.0. The fourth-order valence-electron chi connectivity index (χ4n) is 4.52. The third kappa shape index (κ3) is 4.30. The van der Waals surface area contributed by atoms with Gasteiger partial charge in [-0.25, -0.2) is 19.0 Å². The van der Waals surface area contributed by atoms with Crippen LogP contribution in [-0.2, 0) is 0 Å². The van der Waals surface area contributed by atoms with Crippen molar-refractivity contribution in [3.8, 4) is 0 Å². The molecule has 2 unspecified atom stereocenters. The first-order valence-corrected chi connectivity index (χ1v) is 12.2. The summed E-state index contributed by atoms with van der Waals surface area (Å²) < 4.78 is 14.8. The summed E-state index contributed by atoms with van der Waals surface area (Å²) in [4.78, 5) is 9.33. The third-order valence-corrected chi connectivity index (χ3v) is 7.52. The molecule has 0 saturated heterocycles. The van der Waals surface area contributed by atoms with Crippen LogP contribution in [0.3, 0.4) is 0 Å². The van der Waals surface area contributed by atoms with Crippen LogP contribution in [0.4, 0.5) is 10.2 Å². The van der Waals surface area contributed by atoms with Crippen molar-refractivity contribution >= 4 is 28.7 Å². The van der Waals surface area contributed by atoms with E-state index in [0.717, 1.165) is 24.2 Å². The molecule has 11 heteroatoms. The zero-order valence-corrected chi connectivity index (χ0v) is 19.0. The molecule has 2 aliphatic rings. The Labute approximate surface area is 194 Å². The molecule has 0 bridgehead atoms. The van der Waals surface area contributed by atoms with Crippen molar-refractivity contribution in [2.45, 2.75) is 61.6 Å². The summed E-state index contributed by atoms with van der Waals surface area (Å²) >= 11 is 1.53. The van der Waals surface area contributed by atoms with Crippen LogP contribution in [0.1, 0.15) is 43.7 Å². The molecule has 2 heterocycles. The summed E-state index contributed by atoms with van der Waals surface area (Å²) in [6.07, 6.45) is 0.130. The molecule has 2 saturated carbocycles. The monoisotopic (exact) mass is 474 g/mol. The van der Waals surface area contributed by atoms with Crippen LogP contribution in [0.15, 0.2) is 29.4 Å². The van der Waals surface area contributed by atoms with E-state index < -0.39 is 24.2 Å². The van der Waals surface area contributed by atoms with E-state index >= 15 is 0 Å². The molecule has 2 aromatic heterocycles. The Bertz CT molecular complexity index is 1130. The second kappa shape index (κ2) is 9.13. The summed E-state index contributed by atoms with van der Waals surface area (Å²) in [5, 5.41) is 42.9. The van der Waals surface area contributed by atoms with Gasteiger partial charge in [0.25, 0.3) is 0 Å². The highest BCUT2D eigenvalue weighted by atomic mass is 32.2. The molecule has 0 spiro atoms. The highest BCUT2D eigenvalue weighted by Gasteiger charge is 2.44. The van der Waals surface area contributed by atoms with Gasteiger partial charge in [0.15, 0.2) is 22.1 Å². The van der Waals surface area contributed by atoms with Gasteiger partial charge in [-0.15, -0.1) is 5.10 Å². The topological polar surface area (TPSA) is 129 Å². The lowest BCUT2D eigenvalue weighted by Gasteiger charge is -2.17. The third-order valence-electron chi connectivity index (χ3n) is 6.47. The molecule has 0 aliphatic heterocycles. The number of fused-ring (bicyclic) bond motifs is 1. The Morgan fingerprint density at radius 1 is 1.15 bits per heavy atom. The number of nitrogens with zero attached hydrogens (tertiary/aromatic N) is 5. The van der Waals surface area contributed by atoms with E-state index in [1.54, 1.807) is 16.8 Å². The van der Waals surface area contributed by atoms with Crippen molar-refractivity contribution < 1.29 is 19.7 Å². The van der Waals surface area contributed by atoms with Crippen LogP contribution in [0.2, 0.25) is 0 Å². The van der Waals surface area contributed by atoms with Gasteiger partial charge in [-0.3, -0.25) is 0 Å². The summed E-state index contributed by atoms with van der Waals surface area (Å²) in [6, 6.07) is 6.15. The first-order chi connectivity index (χ1) is 16.0. The average molecular weight is 475 g/mol. The van der Waals surface area contributed by atoms with Gasteiger partial charge in [-0.05, 0) is 37.0 Å². The van der Waals surface area contributed by atoms with Gasteiger partial charge in [-0.1, -0.05) is 36.0 Å². The fourth-order valence-corrected chi connectivity index (χ4v) is 5.22. The summed E-state index contributed by atoms with van der Waals surface area (Å²) in [5.41, 5.74) is 2.05. The molecule has 0 amide bonds. The Hall–Kier alpha value is -2.34. The highest BCUT2D eigenvalue weighted by molar-refractivity contribution is 7.99. The Balaban J connectivity index is 1.45. The second-order valence-electron chi connectivity index (χ2n) is 8.78. The van der Waals surface area contributed by atoms with E-state index in [-0.39, 0.29) is 24.4 Å². The number of hydrogen-bond acceptors (Lipinski definition) is 9. The smallest absolute Gasteiger partial charge is 0.191 e. The van der Waals surface area contributed by atoms with Crippen molar-refractivity contribution in [3.05, 3.63) is 35.6 Å². The molecule has 3 aromatic rings. The predicted molar refractivity (Wildman–Crippen MR) is 122 cm³/mol. The number of hydrogen-bond donors (Lipinski definition) is 4. The molecule has 2 aliphatic carbocycles. The molecule has 33 heavy (non-hydrogen) atoms. The van der Waals surface area contributed by atoms with Crippen molar-refractivity contribution in [3.63, 3.8) is 0 Å². The maximum absolute atomic E-state index is 13.3. The number of anilines is 1. The minimum atomic E-state index is -1.07. The Kier molecular flexibility index (Phi) is 6.21. The zero-order chi connectivity index (χ0) is 23.1. The molecule has 5 rings (SSSR count). The lowest BCUT2D eigenvalue weighted by atomic mass is 10.1. The zero-order valence-electron chi connectivity index (χ0n) is 18.2. The molecule has 0 radical (unpaired) electrons. The maximum atomic E-state index is 13.3. The molecule has 2 fully saturated rings. The second-order valence-corrected chi connectivity index (χ2v) is 9.84. The van der Waals surface area contributed by atoms with Crippen molar-refractivity contribution in [2.24, 2.45) is 5.92 Å². The number of thioether (sulfide) groups is 1. The number of aliphatic hydroxyl groups excluding tert-OH is 3. The average Bonchev–Trinajstić information content (AvgIpc) is 3.35. The van der Waals surface area contributed by atoms with E-state index in [1.807, 2.05) is 0 Å². The van der Waals surface area contributed by atoms with E-state index in [2.05, 4.69) is 32.5 Å². The first-order valence-electron chi connectivity index (χ1n) is 11.2. The summed E-state index contributed by atoms with van der Waals surface area (Å²) in [6.45, 7) is 1.87. The predicted octanol–water partition coefficient (Wildman–Crippen LogP) is 2.11. The first kappa shape index (κ1) is 22.5. The maximum Gasteiger partial charge on any atom is 0.191 e.